The number of benzene rings is 1. The average Bonchev–Trinajstić information content (AvgIpc) is 2.71. The van der Waals surface area contributed by atoms with Gasteiger partial charge in [-0.1, -0.05) is 12.1 Å². The van der Waals surface area contributed by atoms with Gasteiger partial charge in [-0.2, -0.15) is 0 Å². The highest BCUT2D eigenvalue weighted by Crippen LogP contribution is 2.12. The number of methoxy groups -OCH3 is 1. The van der Waals surface area contributed by atoms with Crippen molar-refractivity contribution in [1.82, 2.24) is 15.5 Å². The number of nitrogens with one attached hydrogen (secondary N) is 2. The third-order valence-corrected chi connectivity index (χ3v) is 4.48. The Bertz CT molecular complexity index is 545. The molecule has 1 saturated heterocycles. The summed E-state index contributed by atoms with van der Waals surface area (Å²) < 4.78 is 16.0. The predicted octanol–water partition coefficient (Wildman–Crippen LogP) is 1.49. The Morgan fingerprint density at radius 2 is 1.93 bits per heavy atom. The van der Waals surface area contributed by atoms with Gasteiger partial charge in [0.05, 0.1) is 26.4 Å². The highest BCUT2D eigenvalue weighted by atomic mass is 16.5. The number of guanidine groups is 1. The molecule has 0 aliphatic carbocycles. The molecule has 152 valence electrons. The molecule has 1 aromatic rings. The van der Waals surface area contributed by atoms with Gasteiger partial charge in [0.15, 0.2) is 5.96 Å². The summed E-state index contributed by atoms with van der Waals surface area (Å²) in [5, 5.41) is 6.77. The summed E-state index contributed by atoms with van der Waals surface area (Å²) in [5.41, 5.74) is 1.15. The van der Waals surface area contributed by atoms with Gasteiger partial charge in [-0.05, 0) is 31.5 Å². The van der Waals surface area contributed by atoms with Crippen LogP contribution in [0, 0.1) is 0 Å². The second-order valence-electron chi connectivity index (χ2n) is 6.56. The monoisotopic (exact) mass is 378 g/mol. The molecule has 1 fully saturated rings. The van der Waals surface area contributed by atoms with Crippen LogP contribution in [-0.2, 0) is 16.0 Å². The maximum Gasteiger partial charge on any atom is 0.191 e. The van der Waals surface area contributed by atoms with Crippen LogP contribution in [0.1, 0.15) is 19.4 Å². The van der Waals surface area contributed by atoms with Crippen molar-refractivity contribution < 1.29 is 14.2 Å². The Balaban J connectivity index is 1.81. The van der Waals surface area contributed by atoms with Crippen molar-refractivity contribution in [3.63, 3.8) is 0 Å². The van der Waals surface area contributed by atoms with Crippen molar-refractivity contribution in [2.75, 3.05) is 59.7 Å². The molecule has 0 aromatic heterocycles. The molecule has 1 aromatic carbocycles. The molecule has 7 nitrogen and oxygen atoms in total. The minimum atomic E-state index is 0.446. The molecular formula is C20H34N4O3. The molecule has 0 spiro atoms. The second-order valence-corrected chi connectivity index (χ2v) is 6.56. The number of rotatable bonds is 10. The fraction of sp³-hybridized carbons (Fsp3) is 0.650. The lowest BCUT2D eigenvalue weighted by Gasteiger charge is -2.32. The van der Waals surface area contributed by atoms with E-state index in [2.05, 4.69) is 29.4 Å². The standard InChI is InChI=1S/C20H34N4O3/c1-4-21-20(22-15-17(2)24-9-11-26-12-10-24)23-16-18-5-7-19(8-6-18)27-14-13-25-3/h5-8,17H,4,9-16H2,1-3H3,(H2,21,22,23). The molecule has 27 heavy (non-hydrogen) atoms. The first-order chi connectivity index (χ1) is 13.2. The van der Waals surface area contributed by atoms with Crippen LogP contribution in [0.2, 0.25) is 0 Å². The number of hydrogen-bond donors (Lipinski definition) is 2. The minimum absolute atomic E-state index is 0.446. The SMILES string of the molecule is CCNC(=NCc1ccc(OCCOC)cc1)NCC(C)N1CCOCC1. The summed E-state index contributed by atoms with van der Waals surface area (Å²) in [7, 11) is 1.67. The molecule has 0 radical (unpaired) electrons. The zero-order valence-electron chi connectivity index (χ0n) is 16.9. The third-order valence-electron chi connectivity index (χ3n) is 4.48. The van der Waals surface area contributed by atoms with E-state index in [0.717, 1.165) is 56.7 Å². The van der Waals surface area contributed by atoms with E-state index in [-0.39, 0.29) is 0 Å². The molecule has 1 aliphatic rings. The first-order valence-corrected chi connectivity index (χ1v) is 9.77. The fourth-order valence-corrected chi connectivity index (χ4v) is 2.84. The van der Waals surface area contributed by atoms with Crippen molar-refractivity contribution in [2.45, 2.75) is 26.4 Å². The molecule has 1 heterocycles. The van der Waals surface area contributed by atoms with Crippen LogP contribution in [-0.4, -0.2) is 76.6 Å². The molecule has 7 heteroatoms. The number of nitrogens with zero attached hydrogens (tertiary/aromatic N) is 2. The van der Waals surface area contributed by atoms with Crippen molar-refractivity contribution >= 4 is 5.96 Å². The smallest absolute Gasteiger partial charge is 0.191 e. The van der Waals surface area contributed by atoms with Crippen LogP contribution in [0.5, 0.6) is 5.75 Å². The van der Waals surface area contributed by atoms with Crippen molar-refractivity contribution in [2.24, 2.45) is 4.99 Å². The summed E-state index contributed by atoms with van der Waals surface area (Å²) in [6, 6.07) is 8.49. The van der Waals surface area contributed by atoms with Gasteiger partial charge in [-0.25, -0.2) is 4.99 Å². The zero-order chi connectivity index (χ0) is 19.3. The van der Waals surface area contributed by atoms with E-state index in [9.17, 15) is 0 Å². The molecular weight excluding hydrogens is 344 g/mol. The number of morpholine rings is 1. The molecule has 2 rings (SSSR count). The lowest BCUT2D eigenvalue weighted by atomic mass is 10.2. The third kappa shape index (κ3) is 8.15. The lowest BCUT2D eigenvalue weighted by molar-refractivity contribution is 0.0211. The molecule has 0 amide bonds. The van der Waals surface area contributed by atoms with Gasteiger partial charge < -0.3 is 24.8 Å². The van der Waals surface area contributed by atoms with Crippen LogP contribution in [0.25, 0.3) is 0 Å². The Morgan fingerprint density at radius 1 is 1.19 bits per heavy atom. The van der Waals surface area contributed by atoms with Crippen molar-refractivity contribution in [3.05, 3.63) is 29.8 Å². The van der Waals surface area contributed by atoms with E-state index >= 15 is 0 Å². The summed E-state index contributed by atoms with van der Waals surface area (Å²) in [6.07, 6.45) is 0. The Hall–Kier alpha value is -1.83. The van der Waals surface area contributed by atoms with Gasteiger partial charge in [0.2, 0.25) is 0 Å². The topological polar surface area (TPSA) is 67.4 Å². The maximum atomic E-state index is 5.59. The summed E-state index contributed by atoms with van der Waals surface area (Å²) in [4.78, 5) is 7.14. The van der Waals surface area contributed by atoms with Crippen LogP contribution < -0.4 is 15.4 Å². The Labute approximate surface area is 163 Å². The van der Waals surface area contributed by atoms with Crippen LogP contribution in [0.4, 0.5) is 0 Å². The molecule has 0 saturated carbocycles. The number of ether oxygens (including phenoxy) is 3. The molecule has 0 bridgehead atoms. The normalized spacial score (nSPS) is 16.8. The first kappa shape index (κ1) is 21.5. The van der Waals surface area contributed by atoms with E-state index in [1.807, 2.05) is 24.3 Å². The van der Waals surface area contributed by atoms with Crippen LogP contribution >= 0.6 is 0 Å². The average molecular weight is 379 g/mol. The molecule has 1 aliphatic heterocycles. The molecule has 1 atom stereocenters. The van der Waals surface area contributed by atoms with Gasteiger partial charge >= 0.3 is 0 Å². The maximum absolute atomic E-state index is 5.59. The Morgan fingerprint density at radius 3 is 2.59 bits per heavy atom. The fourth-order valence-electron chi connectivity index (χ4n) is 2.84. The highest BCUT2D eigenvalue weighted by Gasteiger charge is 2.16. The van der Waals surface area contributed by atoms with E-state index < -0.39 is 0 Å². The van der Waals surface area contributed by atoms with Gasteiger partial charge in [0, 0.05) is 39.3 Å². The van der Waals surface area contributed by atoms with Gasteiger partial charge in [0.1, 0.15) is 12.4 Å². The summed E-state index contributed by atoms with van der Waals surface area (Å²) in [5.74, 6) is 1.70. The quantitative estimate of drug-likeness (QED) is 0.365. The zero-order valence-corrected chi connectivity index (χ0v) is 16.9. The molecule has 2 N–H and O–H groups in total. The van der Waals surface area contributed by atoms with Crippen molar-refractivity contribution in [1.29, 1.82) is 0 Å². The van der Waals surface area contributed by atoms with E-state index in [1.54, 1.807) is 7.11 Å². The second kappa shape index (κ2) is 12.5. The van der Waals surface area contributed by atoms with E-state index in [4.69, 9.17) is 19.2 Å². The van der Waals surface area contributed by atoms with Crippen LogP contribution in [0.15, 0.2) is 29.3 Å². The van der Waals surface area contributed by atoms with Crippen LogP contribution in [0.3, 0.4) is 0 Å². The van der Waals surface area contributed by atoms with Gasteiger partial charge in [-0.15, -0.1) is 0 Å². The van der Waals surface area contributed by atoms with E-state index in [0.29, 0.717) is 25.8 Å². The Kier molecular flexibility index (Phi) is 9.97. The van der Waals surface area contributed by atoms with Gasteiger partial charge in [-0.3, -0.25) is 4.90 Å². The number of hydrogen-bond acceptors (Lipinski definition) is 5. The summed E-state index contributed by atoms with van der Waals surface area (Å²) >= 11 is 0. The lowest BCUT2D eigenvalue weighted by Crippen LogP contribution is -2.49. The minimum Gasteiger partial charge on any atom is -0.491 e. The predicted molar refractivity (Wildman–Crippen MR) is 108 cm³/mol. The largest absolute Gasteiger partial charge is 0.491 e. The van der Waals surface area contributed by atoms with Gasteiger partial charge in [0.25, 0.3) is 0 Å². The molecule has 1 unspecified atom stereocenters. The number of aliphatic imine (C=N–C) groups is 1. The first-order valence-electron chi connectivity index (χ1n) is 9.77. The highest BCUT2D eigenvalue weighted by molar-refractivity contribution is 5.79. The summed E-state index contributed by atoms with van der Waals surface area (Å²) in [6.45, 7) is 11.4. The van der Waals surface area contributed by atoms with Crippen molar-refractivity contribution in [3.8, 4) is 5.75 Å². The van der Waals surface area contributed by atoms with E-state index in [1.165, 1.54) is 0 Å².